The van der Waals surface area contributed by atoms with Crippen LogP contribution >= 0.6 is 11.6 Å². The highest BCUT2D eigenvalue weighted by atomic mass is 35.5. The lowest BCUT2D eigenvalue weighted by atomic mass is 10.2. The number of aryl methyl sites for hydroxylation is 1. The molecule has 0 aliphatic rings. The highest BCUT2D eigenvalue weighted by molar-refractivity contribution is 6.32. The molecule has 0 aliphatic carbocycles. The van der Waals surface area contributed by atoms with E-state index < -0.39 is 6.61 Å². The molecule has 0 amide bonds. The summed E-state index contributed by atoms with van der Waals surface area (Å²) in [6.07, 6.45) is 0.761. The van der Waals surface area contributed by atoms with Crippen molar-refractivity contribution in [3.05, 3.63) is 28.8 Å². The minimum Gasteiger partial charge on any atom is -0.433 e. The molecule has 0 fully saturated rings. The zero-order chi connectivity index (χ0) is 9.84. The summed E-state index contributed by atoms with van der Waals surface area (Å²) in [6, 6.07) is 4.85. The van der Waals surface area contributed by atoms with Crippen LogP contribution in [0.2, 0.25) is 5.02 Å². The van der Waals surface area contributed by atoms with Crippen molar-refractivity contribution in [1.29, 1.82) is 0 Å². The van der Waals surface area contributed by atoms with Gasteiger partial charge in [0.1, 0.15) is 5.75 Å². The molecule has 0 saturated carbocycles. The van der Waals surface area contributed by atoms with Crippen LogP contribution in [0.15, 0.2) is 18.2 Å². The first-order valence-electron chi connectivity index (χ1n) is 3.86. The molecule has 72 valence electrons. The summed E-state index contributed by atoms with van der Waals surface area (Å²) in [5.41, 5.74) is 0.917. The quantitative estimate of drug-likeness (QED) is 0.736. The molecule has 13 heavy (non-hydrogen) atoms. The Kier molecular flexibility index (Phi) is 3.48. The number of alkyl halides is 2. The highest BCUT2D eigenvalue weighted by Gasteiger charge is 2.08. The van der Waals surface area contributed by atoms with Gasteiger partial charge in [0.05, 0.1) is 5.02 Å². The fourth-order valence-electron chi connectivity index (χ4n) is 0.954. The van der Waals surface area contributed by atoms with Gasteiger partial charge in [0.25, 0.3) is 0 Å². The highest BCUT2D eigenvalue weighted by Crippen LogP contribution is 2.27. The summed E-state index contributed by atoms with van der Waals surface area (Å²) in [5.74, 6) is 0.0380. The first kappa shape index (κ1) is 10.3. The Labute approximate surface area is 80.3 Å². The van der Waals surface area contributed by atoms with Crippen molar-refractivity contribution in [2.75, 3.05) is 0 Å². The van der Waals surface area contributed by atoms with Crippen LogP contribution in [0.4, 0.5) is 8.78 Å². The van der Waals surface area contributed by atoms with E-state index in [9.17, 15) is 8.78 Å². The van der Waals surface area contributed by atoms with Crippen LogP contribution in [0, 0.1) is 0 Å². The first-order valence-corrected chi connectivity index (χ1v) is 4.24. The largest absolute Gasteiger partial charge is 0.433 e. The number of ether oxygens (including phenoxy) is 1. The minimum absolute atomic E-state index is 0.0380. The second-order valence-electron chi connectivity index (χ2n) is 2.50. The lowest BCUT2D eigenvalue weighted by Crippen LogP contribution is -2.02. The number of hydrogen-bond donors (Lipinski definition) is 0. The van der Waals surface area contributed by atoms with Crippen LogP contribution in [0.25, 0.3) is 0 Å². The van der Waals surface area contributed by atoms with Crippen LogP contribution in [0.3, 0.4) is 0 Å². The molecule has 0 atom stereocenters. The Balaban J connectivity index is 2.90. The summed E-state index contributed by atoms with van der Waals surface area (Å²) in [7, 11) is 0. The predicted octanol–water partition coefficient (Wildman–Crippen LogP) is 3.50. The molecule has 0 unspecified atom stereocenters. The minimum atomic E-state index is -2.83. The van der Waals surface area contributed by atoms with Crippen molar-refractivity contribution in [2.24, 2.45) is 0 Å². The Morgan fingerprint density at radius 2 is 2.15 bits per heavy atom. The Morgan fingerprint density at radius 3 is 2.69 bits per heavy atom. The van der Waals surface area contributed by atoms with E-state index in [1.54, 1.807) is 12.1 Å². The van der Waals surface area contributed by atoms with Gasteiger partial charge in [-0.05, 0) is 24.1 Å². The molecule has 1 rings (SSSR count). The van der Waals surface area contributed by atoms with Crippen LogP contribution < -0.4 is 4.74 Å². The SMILES string of the molecule is CCc1ccc(Cl)c(OC(F)F)c1. The molecule has 0 N–H and O–H groups in total. The number of hydrogen-bond acceptors (Lipinski definition) is 1. The molecule has 1 nitrogen and oxygen atoms in total. The van der Waals surface area contributed by atoms with Crippen LogP contribution in [-0.4, -0.2) is 6.61 Å². The summed E-state index contributed by atoms with van der Waals surface area (Å²) < 4.78 is 27.9. The monoisotopic (exact) mass is 206 g/mol. The van der Waals surface area contributed by atoms with Crippen molar-refractivity contribution in [3.63, 3.8) is 0 Å². The molecule has 0 saturated heterocycles. The van der Waals surface area contributed by atoms with E-state index in [2.05, 4.69) is 4.74 Å². The lowest BCUT2D eigenvalue weighted by Gasteiger charge is -2.07. The Hall–Kier alpha value is -0.830. The molecule has 0 spiro atoms. The molecule has 0 aliphatic heterocycles. The van der Waals surface area contributed by atoms with Gasteiger partial charge < -0.3 is 4.74 Å². The van der Waals surface area contributed by atoms with Crippen molar-refractivity contribution in [3.8, 4) is 5.75 Å². The Bertz CT molecular complexity index is 289. The topological polar surface area (TPSA) is 9.23 Å². The van der Waals surface area contributed by atoms with Crippen LogP contribution in [-0.2, 0) is 6.42 Å². The lowest BCUT2D eigenvalue weighted by molar-refractivity contribution is -0.0498. The molecule has 1 aromatic rings. The molecule has 0 aromatic heterocycles. The molecule has 0 radical (unpaired) electrons. The summed E-state index contributed by atoms with van der Waals surface area (Å²) in [6.45, 7) is -0.903. The van der Waals surface area contributed by atoms with E-state index in [0.29, 0.717) is 0 Å². The van der Waals surface area contributed by atoms with Gasteiger partial charge in [-0.3, -0.25) is 0 Å². The maximum atomic E-state index is 11.9. The second-order valence-corrected chi connectivity index (χ2v) is 2.90. The van der Waals surface area contributed by atoms with Gasteiger partial charge in [-0.1, -0.05) is 24.6 Å². The summed E-state index contributed by atoms with van der Waals surface area (Å²) in [4.78, 5) is 0. The molecule has 0 bridgehead atoms. The predicted molar refractivity (Wildman–Crippen MR) is 47.5 cm³/mol. The third-order valence-electron chi connectivity index (χ3n) is 1.62. The molecule has 4 heteroatoms. The van der Waals surface area contributed by atoms with E-state index >= 15 is 0 Å². The number of halogens is 3. The molecular weight excluding hydrogens is 198 g/mol. The fourth-order valence-corrected chi connectivity index (χ4v) is 1.12. The van der Waals surface area contributed by atoms with E-state index in [1.165, 1.54) is 6.07 Å². The van der Waals surface area contributed by atoms with Crippen molar-refractivity contribution in [2.45, 2.75) is 20.0 Å². The standard InChI is InChI=1S/C9H9ClF2O/c1-2-6-3-4-7(10)8(5-6)13-9(11)12/h3-5,9H,2H2,1H3. The Morgan fingerprint density at radius 1 is 1.46 bits per heavy atom. The van der Waals surface area contributed by atoms with Gasteiger partial charge in [0.2, 0.25) is 0 Å². The maximum absolute atomic E-state index is 11.9. The van der Waals surface area contributed by atoms with Gasteiger partial charge in [-0.2, -0.15) is 8.78 Å². The molecule has 0 heterocycles. The van der Waals surface area contributed by atoms with Gasteiger partial charge >= 0.3 is 6.61 Å². The average molecular weight is 207 g/mol. The average Bonchev–Trinajstić information content (AvgIpc) is 2.08. The van der Waals surface area contributed by atoms with E-state index in [-0.39, 0.29) is 10.8 Å². The summed E-state index contributed by atoms with van der Waals surface area (Å²) in [5, 5.41) is 0.206. The van der Waals surface area contributed by atoms with Crippen LogP contribution in [0.5, 0.6) is 5.75 Å². The number of benzene rings is 1. The number of rotatable bonds is 3. The normalized spacial score (nSPS) is 10.5. The zero-order valence-electron chi connectivity index (χ0n) is 7.06. The fraction of sp³-hybridized carbons (Fsp3) is 0.333. The third kappa shape index (κ3) is 2.84. The summed E-state index contributed by atoms with van der Waals surface area (Å²) >= 11 is 5.64. The van der Waals surface area contributed by atoms with E-state index in [1.807, 2.05) is 6.92 Å². The van der Waals surface area contributed by atoms with Gasteiger partial charge in [0, 0.05) is 0 Å². The van der Waals surface area contributed by atoms with Gasteiger partial charge in [-0.25, -0.2) is 0 Å². The van der Waals surface area contributed by atoms with Crippen molar-refractivity contribution < 1.29 is 13.5 Å². The molecule has 1 aromatic carbocycles. The van der Waals surface area contributed by atoms with Crippen LogP contribution in [0.1, 0.15) is 12.5 Å². The second kappa shape index (κ2) is 4.42. The zero-order valence-corrected chi connectivity index (χ0v) is 7.81. The molecular formula is C9H9ClF2O. The van der Waals surface area contributed by atoms with E-state index in [4.69, 9.17) is 11.6 Å². The first-order chi connectivity index (χ1) is 6.13. The van der Waals surface area contributed by atoms with Crippen molar-refractivity contribution >= 4 is 11.6 Å². The van der Waals surface area contributed by atoms with E-state index in [0.717, 1.165) is 12.0 Å². The van der Waals surface area contributed by atoms with Gasteiger partial charge in [0.15, 0.2) is 0 Å². The smallest absolute Gasteiger partial charge is 0.387 e. The third-order valence-corrected chi connectivity index (χ3v) is 1.93. The van der Waals surface area contributed by atoms with Crippen molar-refractivity contribution in [1.82, 2.24) is 0 Å². The van der Waals surface area contributed by atoms with Gasteiger partial charge in [-0.15, -0.1) is 0 Å². The maximum Gasteiger partial charge on any atom is 0.387 e.